The number of amides is 3. The van der Waals surface area contributed by atoms with Crippen molar-refractivity contribution in [2.45, 2.75) is 57.1 Å². The van der Waals surface area contributed by atoms with Crippen molar-refractivity contribution in [1.82, 2.24) is 9.62 Å². The number of sulfonamides is 1. The van der Waals surface area contributed by atoms with E-state index in [0.29, 0.717) is 6.54 Å². The Labute approximate surface area is 208 Å². The fourth-order valence-electron chi connectivity index (χ4n) is 4.57. The summed E-state index contributed by atoms with van der Waals surface area (Å²) in [7, 11) is -3.91. The number of hydrogen-bond donors (Lipinski definition) is 2. The van der Waals surface area contributed by atoms with Crippen LogP contribution in [0.4, 0.5) is 10.5 Å². The molecule has 1 radical (unpaired) electrons. The number of carbonyl (C=O) groups excluding carboxylic acids is 2. The first-order valence-electron chi connectivity index (χ1n) is 9.66. The molecule has 147 valence electrons. The van der Waals surface area contributed by atoms with Gasteiger partial charge in [0, 0.05) is 76.6 Å². The van der Waals surface area contributed by atoms with E-state index in [1.54, 1.807) is 0 Å². The van der Waals surface area contributed by atoms with Crippen LogP contribution < -0.4 is 10.0 Å². The largest absolute Gasteiger partial charge is 0.342 e. The van der Waals surface area contributed by atoms with E-state index in [4.69, 9.17) is 0 Å². The summed E-state index contributed by atoms with van der Waals surface area (Å²) in [5.41, 5.74) is 5.65. The summed E-state index contributed by atoms with van der Waals surface area (Å²) in [5, 5.41) is 1.94. The van der Waals surface area contributed by atoms with E-state index in [1.165, 1.54) is 16.0 Å². The monoisotopic (exact) mass is 430 g/mol. The summed E-state index contributed by atoms with van der Waals surface area (Å²) >= 11 is 0. The number of urea groups is 1. The predicted molar refractivity (Wildman–Crippen MR) is 108 cm³/mol. The van der Waals surface area contributed by atoms with Crippen LogP contribution in [0.3, 0.4) is 0 Å². The molecule has 1 atom stereocenters. The van der Waals surface area contributed by atoms with Gasteiger partial charge in [0.2, 0.25) is 15.9 Å². The maximum atomic E-state index is 12.6. The average molecular weight is 431 g/mol. The molecule has 7 nitrogen and oxygen atoms in total. The van der Waals surface area contributed by atoms with Crippen LogP contribution in [0.15, 0.2) is 6.07 Å². The molecule has 2 N–H and O–H groups in total. The summed E-state index contributed by atoms with van der Waals surface area (Å²) in [6, 6.07) is 1.53. The summed E-state index contributed by atoms with van der Waals surface area (Å²) < 4.78 is 27.3. The van der Waals surface area contributed by atoms with Crippen molar-refractivity contribution in [3.05, 3.63) is 28.3 Å². The number of hydrogen-bond acceptors (Lipinski definition) is 4. The molecule has 4 rings (SSSR count). The first-order valence-corrected chi connectivity index (χ1v) is 11.2. The minimum absolute atomic E-state index is 0. The number of rotatable bonds is 4. The minimum atomic E-state index is -3.91. The Kier molecular flexibility index (Phi) is 6.93. The quantitative estimate of drug-likeness (QED) is 0.705. The van der Waals surface area contributed by atoms with E-state index < -0.39 is 21.3 Å². The molecule has 0 bridgehead atoms. The summed E-state index contributed by atoms with van der Waals surface area (Å²) in [6.07, 6.45) is 5.88. The second-order valence-electron chi connectivity index (χ2n) is 7.59. The number of nitrogens with one attached hydrogen (secondary N) is 2. The van der Waals surface area contributed by atoms with Crippen molar-refractivity contribution in [2.75, 3.05) is 18.4 Å². The fourth-order valence-corrected chi connectivity index (χ4v) is 5.78. The molecule has 3 amide bonds. The van der Waals surface area contributed by atoms with Gasteiger partial charge < -0.3 is 10.2 Å². The standard InChI is InChI=1S/C19H25N3O4S.K/c1-2-22-11-14(10-17(22)23)27(25,26)21-19(24)20-18-15-7-3-5-12(15)9-13-6-4-8-16(13)18;/h9,14H,2-8,10-11H2,1H3,(H2,20,21,24);. The number of likely N-dealkylation sites (tertiary alicyclic amines) is 1. The van der Waals surface area contributed by atoms with E-state index in [9.17, 15) is 18.0 Å². The van der Waals surface area contributed by atoms with Gasteiger partial charge in [-0.25, -0.2) is 17.9 Å². The van der Waals surface area contributed by atoms with Crippen LogP contribution >= 0.6 is 0 Å². The van der Waals surface area contributed by atoms with E-state index in [2.05, 4.69) is 16.1 Å². The third-order valence-corrected chi connectivity index (χ3v) is 7.61. The topological polar surface area (TPSA) is 95.6 Å². The maximum Gasteiger partial charge on any atom is 0.332 e. The predicted octanol–water partition coefficient (Wildman–Crippen LogP) is 1.36. The number of benzene rings is 1. The zero-order valence-electron chi connectivity index (χ0n) is 16.5. The molecule has 28 heavy (non-hydrogen) atoms. The van der Waals surface area contributed by atoms with Gasteiger partial charge in [0.25, 0.3) is 0 Å². The number of carbonyl (C=O) groups is 2. The van der Waals surface area contributed by atoms with Gasteiger partial charge in [-0.1, -0.05) is 6.07 Å². The van der Waals surface area contributed by atoms with Crippen LogP contribution in [0.1, 0.15) is 48.4 Å². The SMILES string of the molecule is CCN1CC(S(=O)(=O)NC(=O)Nc2c3c(cc4c2CCC4)CCC3)CC1=O.[K]. The Hall–Kier alpha value is -0.454. The third-order valence-electron chi connectivity index (χ3n) is 5.95. The molecule has 2 aliphatic carbocycles. The van der Waals surface area contributed by atoms with Crippen molar-refractivity contribution >= 4 is 79.0 Å². The summed E-state index contributed by atoms with van der Waals surface area (Å²) in [6.45, 7) is 2.41. The Balaban J connectivity index is 0.00000225. The molecule has 9 heteroatoms. The van der Waals surface area contributed by atoms with E-state index >= 15 is 0 Å². The van der Waals surface area contributed by atoms with Gasteiger partial charge in [-0.15, -0.1) is 0 Å². The Morgan fingerprint density at radius 2 is 1.75 bits per heavy atom. The minimum Gasteiger partial charge on any atom is -0.342 e. The molecular formula is C19H25KN3O4S. The number of aryl methyl sites for hydroxylation is 2. The maximum absolute atomic E-state index is 12.6. The van der Waals surface area contributed by atoms with Crippen LogP contribution in [0.2, 0.25) is 0 Å². The second kappa shape index (κ2) is 8.73. The Bertz CT molecular complexity index is 884. The zero-order valence-corrected chi connectivity index (χ0v) is 20.4. The van der Waals surface area contributed by atoms with E-state index in [-0.39, 0.29) is 70.3 Å². The van der Waals surface area contributed by atoms with Gasteiger partial charge in [0.05, 0.1) is 0 Å². The van der Waals surface area contributed by atoms with Crippen LogP contribution in [0, 0.1) is 0 Å². The summed E-state index contributed by atoms with van der Waals surface area (Å²) in [4.78, 5) is 25.8. The molecule has 3 aliphatic rings. The third kappa shape index (κ3) is 4.20. The van der Waals surface area contributed by atoms with Crippen molar-refractivity contribution in [2.24, 2.45) is 0 Å². The first-order chi connectivity index (χ1) is 12.9. The van der Waals surface area contributed by atoms with Gasteiger partial charge in [0.1, 0.15) is 5.25 Å². The molecule has 0 spiro atoms. The van der Waals surface area contributed by atoms with Gasteiger partial charge >= 0.3 is 6.03 Å². The smallest absolute Gasteiger partial charge is 0.332 e. The number of nitrogens with zero attached hydrogens (tertiary/aromatic N) is 1. The molecule has 1 aromatic carbocycles. The molecule has 0 aromatic heterocycles. The van der Waals surface area contributed by atoms with Crippen LogP contribution in [0.25, 0.3) is 0 Å². The average Bonchev–Trinajstić information content (AvgIpc) is 3.32. The summed E-state index contributed by atoms with van der Waals surface area (Å²) in [5.74, 6) is -0.188. The Morgan fingerprint density at radius 1 is 1.14 bits per heavy atom. The van der Waals surface area contributed by atoms with E-state index in [0.717, 1.165) is 55.3 Å². The zero-order chi connectivity index (χ0) is 19.2. The van der Waals surface area contributed by atoms with Crippen LogP contribution in [-0.4, -0.2) is 95.0 Å². The van der Waals surface area contributed by atoms with Gasteiger partial charge in [0.15, 0.2) is 0 Å². The van der Waals surface area contributed by atoms with Gasteiger partial charge in [-0.2, -0.15) is 0 Å². The van der Waals surface area contributed by atoms with Gasteiger partial charge in [-0.3, -0.25) is 4.79 Å². The van der Waals surface area contributed by atoms with Crippen molar-refractivity contribution in [1.29, 1.82) is 0 Å². The van der Waals surface area contributed by atoms with Crippen LogP contribution in [0.5, 0.6) is 0 Å². The van der Waals surface area contributed by atoms with Gasteiger partial charge in [-0.05, 0) is 67.7 Å². The van der Waals surface area contributed by atoms with Crippen molar-refractivity contribution in [3.63, 3.8) is 0 Å². The normalized spacial score (nSPS) is 20.5. The van der Waals surface area contributed by atoms with Crippen LogP contribution in [-0.2, 0) is 40.5 Å². The molecule has 1 aliphatic heterocycles. The second-order valence-corrected chi connectivity index (χ2v) is 9.55. The molecule has 1 fully saturated rings. The molecule has 1 unspecified atom stereocenters. The Morgan fingerprint density at radius 3 is 2.29 bits per heavy atom. The molecular weight excluding hydrogens is 405 g/mol. The number of anilines is 1. The molecule has 1 saturated heterocycles. The van der Waals surface area contributed by atoms with Crippen molar-refractivity contribution in [3.8, 4) is 0 Å². The molecule has 0 saturated carbocycles. The molecule has 1 aromatic rings. The number of fused-ring (bicyclic) bond motifs is 2. The fraction of sp³-hybridized carbons (Fsp3) is 0.579. The first kappa shape index (κ1) is 22.2. The van der Waals surface area contributed by atoms with E-state index in [1.807, 2.05) is 6.92 Å². The van der Waals surface area contributed by atoms with Crippen molar-refractivity contribution < 1.29 is 18.0 Å². The molecule has 1 heterocycles.